The molecule has 21 heavy (non-hydrogen) atoms. The monoisotopic (exact) mass is 298 g/mol. The maximum Gasteiger partial charge on any atom is 0.322 e. The summed E-state index contributed by atoms with van der Waals surface area (Å²) < 4.78 is 26.6. The van der Waals surface area contributed by atoms with Crippen molar-refractivity contribution in [2.75, 3.05) is 11.9 Å². The van der Waals surface area contributed by atoms with Crippen molar-refractivity contribution >= 4 is 17.7 Å². The predicted octanol–water partition coefficient (Wildman–Crippen LogP) is 2.83. The first-order chi connectivity index (χ1) is 9.97. The molecule has 0 aliphatic carbocycles. The van der Waals surface area contributed by atoms with Gasteiger partial charge in [0.15, 0.2) is 0 Å². The summed E-state index contributed by atoms with van der Waals surface area (Å²) in [6.45, 7) is 0.403. The van der Waals surface area contributed by atoms with Gasteiger partial charge in [0.05, 0.1) is 12.1 Å². The summed E-state index contributed by atoms with van der Waals surface area (Å²) in [6, 6.07) is 1.75. The van der Waals surface area contributed by atoms with E-state index >= 15 is 0 Å². The van der Waals surface area contributed by atoms with Gasteiger partial charge < -0.3 is 15.3 Å². The average Bonchev–Trinajstić information content (AvgIpc) is 2.42. The van der Waals surface area contributed by atoms with Gasteiger partial charge >= 0.3 is 12.0 Å². The van der Waals surface area contributed by atoms with Crippen LogP contribution in [0.15, 0.2) is 18.2 Å². The molecule has 0 saturated carbocycles. The van der Waals surface area contributed by atoms with Crippen molar-refractivity contribution in [3.8, 4) is 0 Å². The summed E-state index contributed by atoms with van der Waals surface area (Å²) in [7, 11) is 0. The first-order valence-electron chi connectivity index (χ1n) is 6.72. The summed E-state index contributed by atoms with van der Waals surface area (Å²) >= 11 is 0. The maximum atomic E-state index is 13.5. The number of anilines is 1. The number of carbonyl (C=O) groups excluding carboxylic acids is 1. The van der Waals surface area contributed by atoms with E-state index in [2.05, 4.69) is 5.32 Å². The van der Waals surface area contributed by atoms with Gasteiger partial charge in [-0.25, -0.2) is 13.6 Å². The Morgan fingerprint density at radius 1 is 1.33 bits per heavy atom. The lowest BCUT2D eigenvalue weighted by molar-refractivity contribution is -0.138. The number of likely N-dealkylation sites (tertiary alicyclic amines) is 1. The van der Waals surface area contributed by atoms with Crippen LogP contribution in [0.5, 0.6) is 0 Å². The molecule has 1 unspecified atom stereocenters. The quantitative estimate of drug-likeness (QED) is 0.901. The Hall–Kier alpha value is -2.18. The van der Waals surface area contributed by atoms with Crippen LogP contribution in [0.25, 0.3) is 0 Å². The molecule has 7 heteroatoms. The van der Waals surface area contributed by atoms with Crippen molar-refractivity contribution in [2.45, 2.75) is 31.7 Å². The van der Waals surface area contributed by atoms with Crippen LogP contribution in [0, 0.1) is 11.6 Å². The van der Waals surface area contributed by atoms with Gasteiger partial charge in [0.1, 0.15) is 11.6 Å². The summed E-state index contributed by atoms with van der Waals surface area (Å²) in [4.78, 5) is 24.4. The normalized spacial score (nSPS) is 18.4. The zero-order chi connectivity index (χ0) is 15.4. The van der Waals surface area contributed by atoms with E-state index in [1.165, 1.54) is 4.90 Å². The Kier molecular flexibility index (Phi) is 4.72. The van der Waals surface area contributed by atoms with Crippen LogP contribution in [0.4, 0.5) is 19.3 Å². The number of urea groups is 1. The lowest BCUT2D eigenvalue weighted by Crippen LogP contribution is -2.46. The second-order valence-electron chi connectivity index (χ2n) is 5.00. The first-order valence-corrected chi connectivity index (χ1v) is 6.72. The van der Waals surface area contributed by atoms with Gasteiger partial charge in [-0.2, -0.15) is 0 Å². The molecule has 1 aromatic carbocycles. The molecule has 5 nitrogen and oxygen atoms in total. The number of carboxylic acid groups (broad SMARTS) is 1. The van der Waals surface area contributed by atoms with Crippen LogP contribution in [0.3, 0.4) is 0 Å². The third-order valence-electron chi connectivity index (χ3n) is 3.47. The van der Waals surface area contributed by atoms with Crippen molar-refractivity contribution in [3.05, 3.63) is 29.8 Å². The maximum absolute atomic E-state index is 13.5. The number of nitrogens with zero attached hydrogens (tertiary/aromatic N) is 1. The molecule has 1 atom stereocenters. The van der Waals surface area contributed by atoms with Gasteiger partial charge in [0.25, 0.3) is 0 Å². The van der Waals surface area contributed by atoms with Crippen LogP contribution >= 0.6 is 0 Å². The number of hydrogen-bond donors (Lipinski definition) is 2. The zero-order valence-corrected chi connectivity index (χ0v) is 11.3. The Morgan fingerprint density at radius 2 is 2.10 bits per heavy atom. The zero-order valence-electron chi connectivity index (χ0n) is 11.3. The van der Waals surface area contributed by atoms with Crippen LogP contribution in [0.2, 0.25) is 0 Å². The summed E-state index contributed by atoms with van der Waals surface area (Å²) in [5.41, 5.74) is -0.250. The molecule has 0 radical (unpaired) electrons. The Bertz CT molecular complexity index is 551. The SMILES string of the molecule is O=C(O)CC1CCCCN1C(=O)Nc1cc(F)ccc1F. The number of carbonyl (C=O) groups is 2. The second kappa shape index (κ2) is 6.51. The minimum atomic E-state index is -0.989. The molecule has 2 N–H and O–H groups in total. The van der Waals surface area contributed by atoms with E-state index in [1.807, 2.05) is 0 Å². The van der Waals surface area contributed by atoms with Crippen molar-refractivity contribution in [3.63, 3.8) is 0 Å². The minimum absolute atomic E-state index is 0.154. The fourth-order valence-electron chi connectivity index (χ4n) is 2.46. The predicted molar refractivity (Wildman–Crippen MR) is 72.0 cm³/mol. The smallest absolute Gasteiger partial charge is 0.322 e. The van der Waals surface area contributed by atoms with Crippen LogP contribution < -0.4 is 5.32 Å². The number of amides is 2. The highest BCUT2D eigenvalue weighted by Gasteiger charge is 2.28. The topological polar surface area (TPSA) is 69.6 Å². The lowest BCUT2D eigenvalue weighted by Gasteiger charge is -2.34. The van der Waals surface area contributed by atoms with Crippen LogP contribution in [-0.4, -0.2) is 34.6 Å². The van der Waals surface area contributed by atoms with Gasteiger partial charge in [0, 0.05) is 18.7 Å². The fraction of sp³-hybridized carbons (Fsp3) is 0.429. The molecule has 2 rings (SSSR count). The van der Waals surface area contributed by atoms with Gasteiger partial charge in [-0.1, -0.05) is 0 Å². The average molecular weight is 298 g/mol. The molecule has 1 aliphatic rings. The molecule has 1 fully saturated rings. The van der Waals surface area contributed by atoms with E-state index < -0.39 is 29.7 Å². The minimum Gasteiger partial charge on any atom is -0.481 e. The molecule has 114 valence electrons. The van der Waals surface area contributed by atoms with E-state index in [4.69, 9.17) is 5.11 Å². The molecule has 0 aromatic heterocycles. The van der Waals surface area contributed by atoms with Crippen molar-refractivity contribution < 1.29 is 23.5 Å². The largest absolute Gasteiger partial charge is 0.481 e. The summed E-state index contributed by atoms with van der Waals surface area (Å²) in [6.07, 6.45) is 2.04. The van der Waals surface area contributed by atoms with E-state index in [0.29, 0.717) is 13.0 Å². The van der Waals surface area contributed by atoms with E-state index in [-0.39, 0.29) is 12.1 Å². The molecule has 1 saturated heterocycles. The fourth-order valence-corrected chi connectivity index (χ4v) is 2.46. The highest BCUT2D eigenvalue weighted by molar-refractivity contribution is 5.90. The highest BCUT2D eigenvalue weighted by Crippen LogP contribution is 2.22. The van der Waals surface area contributed by atoms with Gasteiger partial charge in [-0.3, -0.25) is 4.79 Å². The molecular formula is C14H16F2N2O3. The number of rotatable bonds is 3. The first kappa shape index (κ1) is 15.2. The van der Waals surface area contributed by atoms with Crippen molar-refractivity contribution in [1.82, 2.24) is 4.90 Å². The van der Waals surface area contributed by atoms with Gasteiger partial charge in [0.2, 0.25) is 0 Å². The Balaban J connectivity index is 2.10. The highest BCUT2D eigenvalue weighted by atomic mass is 19.1. The number of benzene rings is 1. The number of hydrogen-bond acceptors (Lipinski definition) is 2. The molecule has 1 aliphatic heterocycles. The van der Waals surface area contributed by atoms with E-state index in [1.54, 1.807) is 0 Å². The van der Waals surface area contributed by atoms with E-state index in [9.17, 15) is 18.4 Å². The standard InChI is InChI=1S/C14H16F2N2O3/c15-9-4-5-11(16)12(7-9)17-14(21)18-6-2-1-3-10(18)8-13(19)20/h4-5,7,10H,1-3,6,8H2,(H,17,21)(H,19,20). The van der Waals surface area contributed by atoms with Crippen molar-refractivity contribution in [1.29, 1.82) is 0 Å². The number of halogens is 2. The second-order valence-corrected chi connectivity index (χ2v) is 5.00. The Morgan fingerprint density at radius 3 is 2.81 bits per heavy atom. The lowest BCUT2D eigenvalue weighted by atomic mass is 10.00. The number of nitrogens with one attached hydrogen (secondary N) is 1. The summed E-state index contributed by atoms with van der Waals surface area (Å²) in [5, 5.41) is 11.2. The molecule has 0 spiro atoms. The third kappa shape index (κ3) is 3.90. The molecule has 2 amide bonds. The van der Waals surface area contributed by atoms with Crippen LogP contribution in [-0.2, 0) is 4.79 Å². The number of aliphatic carboxylic acids is 1. The Labute approximate surface area is 120 Å². The molecule has 0 bridgehead atoms. The molecular weight excluding hydrogens is 282 g/mol. The number of piperidine rings is 1. The van der Waals surface area contributed by atoms with E-state index in [0.717, 1.165) is 31.0 Å². The van der Waals surface area contributed by atoms with Gasteiger partial charge in [-0.05, 0) is 31.4 Å². The van der Waals surface area contributed by atoms with Crippen LogP contribution in [0.1, 0.15) is 25.7 Å². The molecule has 1 aromatic rings. The number of carboxylic acids is 1. The van der Waals surface area contributed by atoms with Crippen molar-refractivity contribution in [2.24, 2.45) is 0 Å². The third-order valence-corrected chi connectivity index (χ3v) is 3.47. The van der Waals surface area contributed by atoms with Gasteiger partial charge in [-0.15, -0.1) is 0 Å². The molecule has 1 heterocycles. The summed E-state index contributed by atoms with van der Waals surface area (Å²) in [5.74, 6) is -2.39.